The molecule has 58 heavy (non-hydrogen) atoms. The third kappa shape index (κ3) is 6.25. The second kappa shape index (κ2) is 14.3. The van der Waals surface area contributed by atoms with Crippen LogP contribution in [0.5, 0.6) is 0 Å². The van der Waals surface area contributed by atoms with Gasteiger partial charge < -0.3 is 59.8 Å². The Hall–Kier alpha value is -2.54. The molecule has 2 saturated heterocycles. The summed E-state index contributed by atoms with van der Waals surface area (Å²) < 4.78 is 23.4. The Bertz CT molecular complexity index is 1730. The number of fused-ring (bicyclic) bond motifs is 7. The summed E-state index contributed by atoms with van der Waals surface area (Å²) in [6.07, 6.45) is -12.2. The van der Waals surface area contributed by atoms with Crippen LogP contribution in [-0.2, 0) is 38.1 Å². The third-order valence-electron chi connectivity index (χ3n) is 17.2. The van der Waals surface area contributed by atoms with E-state index < -0.39 is 107 Å². The lowest BCUT2D eigenvalue weighted by Gasteiger charge is -2.70. The van der Waals surface area contributed by atoms with Crippen molar-refractivity contribution >= 4 is 23.7 Å². The van der Waals surface area contributed by atoms with E-state index in [0.717, 1.165) is 37.7 Å². The van der Waals surface area contributed by atoms with Crippen LogP contribution >= 0.6 is 0 Å². The number of aliphatic hydroxyl groups excluding tert-OH is 5. The number of carboxylic acids is 3. The maximum absolute atomic E-state index is 14.8. The Balaban J connectivity index is 1.17. The number of hydrogen-bond acceptors (Lipinski definition) is 13. The van der Waals surface area contributed by atoms with Gasteiger partial charge in [-0.2, -0.15) is 0 Å². The van der Waals surface area contributed by atoms with E-state index in [1.54, 1.807) is 0 Å². The van der Waals surface area contributed by atoms with Crippen molar-refractivity contribution < 1.29 is 79.0 Å². The molecule has 2 aliphatic heterocycles. The summed E-state index contributed by atoms with van der Waals surface area (Å²) in [6, 6.07) is 0. The zero-order valence-corrected chi connectivity index (χ0v) is 34.4. The number of allylic oxidation sites excluding steroid dienone is 2. The van der Waals surface area contributed by atoms with Crippen molar-refractivity contribution in [1.29, 1.82) is 0 Å². The Morgan fingerprint density at radius 3 is 1.88 bits per heavy atom. The van der Waals surface area contributed by atoms with Gasteiger partial charge in [-0.25, -0.2) is 9.59 Å². The molecule has 7 aliphatic rings. The fourth-order valence-electron chi connectivity index (χ4n) is 13.4. The predicted molar refractivity (Wildman–Crippen MR) is 199 cm³/mol. The lowest BCUT2D eigenvalue weighted by Crippen LogP contribution is -2.68. The maximum atomic E-state index is 14.8. The number of ketones is 1. The van der Waals surface area contributed by atoms with Crippen molar-refractivity contribution in [2.75, 3.05) is 0 Å². The summed E-state index contributed by atoms with van der Waals surface area (Å²) in [5, 5.41) is 83.0. The second-order valence-electron chi connectivity index (χ2n) is 20.6. The van der Waals surface area contributed by atoms with Crippen molar-refractivity contribution in [3.8, 4) is 0 Å². The number of aliphatic hydroxyl groups is 5. The van der Waals surface area contributed by atoms with E-state index in [1.807, 2.05) is 26.8 Å². The van der Waals surface area contributed by atoms with Crippen LogP contribution in [0.1, 0.15) is 106 Å². The highest BCUT2D eigenvalue weighted by Crippen LogP contribution is 2.75. The molecular formula is C42H62O16. The molecule has 0 spiro atoms. The number of rotatable bonds is 7. The topological polar surface area (TPSA) is 267 Å². The number of carbonyl (C=O) groups excluding carboxylic acids is 1. The van der Waals surface area contributed by atoms with E-state index >= 15 is 0 Å². The van der Waals surface area contributed by atoms with Gasteiger partial charge in [0.1, 0.15) is 36.6 Å². The highest BCUT2D eigenvalue weighted by Gasteiger charge is 2.71. The normalized spacial score (nSPS) is 52.6. The van der Waals surface area contributed by atoms with Crippen LogP contribution in [0.4, 0.5) is 0 Å². The average Bonchev–Trinajstić information content (AvgIpc) is 3.13. The van der Waals surface area contributed by atoms with Crippen molar-refractivity contribution in [1.82, 2.24) is 0 Å². The van der Waals surface area contributed by atoms with Gasteiger partial charge in [-0.3, -0.25) is 9.59 Å². The highest BCUT2D eigenvalue weighted by atomic mass is 16.8. The molecule has 16 nitrogen and oxygen atoms in total. The minimum absolute atomic E-state index is 0.0217. The molecule has 0 amide bonds. The fraction of sp³-hybridized carbons (Fsp3) is 0.857. The van der Waals surface area contributed by atoms with Crippen molar-refractivity contribution in [2.24, 2.45) is 50.2 Å². The van der Waals surface area contributed by atoms with Crippen LogP contribution < -0.4 is 0 Å². The molecule has 5 aliphatic carbocycles. The molecule has 0 aromatic carbocycles. The lowest BCUT2D eigenvalue weighted by atomic mass is 9.33. The molecule has 19 atom stereocenters. The van der Waals surface area contributed by atoms with Crippen molar-refractivity contribution in [3.05, 3.63) is 11.6 Å². The molecule has 7 rings (SSSR count). The number of aliphatic carboxylic acids is 3. The molecular weight excluding hydrogens is 760 g/mol. The van der Waals surface area contributed by atoms with E-state index in [0.29, 0.717) is 25.7 Å². The van der Waals surface area contributed by atoms with E-state index in [1.165, 1.54) is 0 Å². The Labute approximate surface area is 337 Å². The van der Waals surface area contributed by atoms with Crippen LogP contribution in [0, 0.1) is 50.2 Å². The molecule has 0 bridgehead atoms. The van der Waals surface area contributed by atoms with E-state index in [2.05, 4.69) is 27.7 Å². The van der Waals surface area contributed by atoms with Crippen LogP contribution in [0.15, 0.2) is 11.6 Å². The van der Waals surface area contributed by atoms with Gasteiger partial charge in [0, 0.05) is 5.92 Å². The molecule has 0 radical (unpaired) electrons. The maximum Gasteiger partial charge on any atom is 0.335 e. The zero-order valence-electron chi connectivity index (χ0n) is 34.4. The van der Waals surface area contributed by atoms with Gasteiger partial charge in [0.05, 0.1) is 11.5 Å². The minimum Gasteiger partial charge on any atom is -0.481 e. The van der Waals surface area contributed by atoms with E-state index in [9.17, 15) is 60.0 Å². The SMILES string of the molecule is CC12CC[C@](C)(C(=O)O)C[C@H]1C1=CC(=O)[C@@H]3[C@@]4(C)CC[C@H](O[C@H]5O[C@H](C(=O)O)C(O)[C@H](O)[C@H]5O[C@@H]5OC(C(=O)O)[C@@H](O)C(O)[C@H]5O)C(C)(C)[C@@H]4CC[C@@]3(C)[C@]1(C)CC2. The Morgan fingerprint density at radius 2 is 1.28 bits per heavy atom. The van der Waals surface area contributed by atoms with E-state index in [4.69, 9.17) is 18.9 Å². The van der Waals surface area contributed by atoms with Gasteiger partial charge in [0.25, 0.3) is 0 Å². The molecule has 4 saturated carbocycles. The van der Waals surface area contributed by atoms with Crippen molar-refractivity contribution in [2.45, 2.75) is 174 Å². The summed E-state index contributed by atoms with van der Waals surface area (Å²) in [7, 11) is 0. The van der Waals surface area contributed by atoms with E-state index in [-0.39, 0.29) is 34.4 Å². The minimum atomic E-state index is -2.05. The predicted octanol–water partition coefficient (Wildman–Crippen LogP) is 2.25. The quantitative estimate of drug-likeness (QED) is 0.171. The van der Waals surface area contributed by atoms with Gasteiger partial charge in [0.2, 0.25) is 0 Å². The highest BCUT2D eigenvalue weighted by molar-refractivity contribution is 5.95. The molecule has 8 N–H and O–H groups in total. The first kappa shape index (κ1) is 43.5. The molecule has 2 heterocycles. The smallest absolute Gasteiger partial charge is 0.335 e. The standard InChI is InChI=1S/C42H62O16/c1-37(2)21-8-11-42(7)31(20(43)16-18-19-17-39(4,36(53)54)13-12-38(19,3)14-15-41(18,42)6)40(21,5)10-9-22(37)55-35-30(26(47)25(46)29(57-35)33(51)52)58-34-27(48)23(44)24(45)28(56-34)32(49)50/h16,19,21-31,34-35,44-48H,8-15,17H2,1-7H3,(H,49,50)(H,51,52)(H,53,54)/t19-,21-,22-,23?,24-,25?,26-,27+,28?,29-,30+,31+,34-,35-,38?,39-,40-,41+,42+/m0/s1. The Morgan fingerprint density at radius 1 is 0.690 bits per heavy atom. The summed E-state index contributed by atoms with van der Waals surface area (Å²) >= 11 is 0. The number of carbonyl (C=O) groups is 4. The van der Waals surface area contributed by atoms with Gasteiger partial charge in [-0.05, 0) is 110 Å². The molecule has 0 aromatic rings. The number of carboxylic acid groups (broad SMARTS) is 3. The summed E-state index contributed by atoms with van der Waals surface area (Å²) in [5.41, 5.74) is -1.81. The molecule has 4 unspecified atom stereocenters. The molecule has 326 valence electrons. The van der Waals surface area contributed by atoms with Crippen LogP contribution in [0.25, 0.3) is 0 Å². The third-order valence-corrected chi connectivity index (χ3v) is 17.2. The molecule has 0 aromatic heterocycles. The second-order valence-corrected chi connectivity index (χ2v) is 20.6. The summed E-state index contributed by atoms with van der Waals surface area (Å²) in [4.78, 5) is 51.3. The largest absolute Gasteiger partial charge is 0.481 e. The summed E-state index contributed by atoms with van der Waals surface area (Å²) in [5.74, 6) is -4.47. The van der Waals surface area contributed by atoms with Crippen LogP contribution in [0.3, 0.4) is 0 Å². The van der Waals surface area contributed by atoms with Gasteiger partial charge >= 0.3 is 17.9 Å². The first-order chi connectivity index (χ1) is 26.8. The van der Waals surface area contributed by atoms with Crippen LogP contribution in [0.2, 0.25) is 0 Å². The van der Waals surface area contributed by atoms with Crippen molar-refractivity contribution in [3.63, 3.8) is 0 Å². The lowest BCUT2D eigenvalue weighted by molar-refractivity contribution is -0.371. The first-order valence-electron chi connectivity index (χ1n) is 20.7. The van der Waals surface area contributed by atoms with Gasteiger partial charge in [-0.15, -0.1) is 0 Å². The molecule has 6 fully saturated rings. The molecule has 16 heteroatoms. The number of ether oxygens (including phenoxy) is 4. The monoisotopic (exact) mass is 822 g/mol. The Kier molecular flexibility index (Phi) is 10.7. The number of hydrogen-bond donors (Lipinski definition) is 8. The summed E-state index contributed by atoms with van der Waals surface area (Å²) in [6.45, 7) is 14.8. The first-order valence-corrected chi connectivity index (χ1v) is 20.7. The average molecular weight is 823 g/mol. The van der Waals surface area contributed by atoms with Gasteiger partial charge in [0.15, 0.2) is 30.6 Å². The fourth-order valence-corrected chi connectivity index (χ4v) is 13.4. The zero-order chi connectivity index (χ0) is 42.9. The van der Waals surface area contributed by atoms with Gasteiger partial charge in [-0.1, -0.05) is 47.1 Å². The van der Waals surface area contributed by atoms with Crippen LogP contribution in [-0.4, -0.2) is 132 Å².